The zero-order valence-corrected chi connectivity index (χ0v) is 15.9. The minimum Gasteiger partial charge on any atom is -0.486 e. The molecule has 4 aromatic rings. The van der Waals surface area contributed by atoms with E-state index in [1.807, 2.05) is 6.07 Å². The lowest BCUT2D eigenvalue weighted by atomic mass is 10.2. The van der Waals surface area contributed by atoms with Gasteiger partial charge in [-0.15, -0.1) is 11.3 Å². The third-order valence-corrected chi connectivity index (χ3v) is 5.06. The normalized spacial score (nSPS) is 10.8. The van der Waals surface area contributed by atoms with Crippen LogP contribution in [-0.2, 0) is 6.61 Å². The fraction of sp³-hybridized carbons (Fsp3) is 0.0500. The van der Waals surface area contributed by atoms with Gasteiger partial charge in [0, 0.05) is 17.0 Å². The second-order valence-corrected chi connectivity index (χ2v) is 7.17. The summed E-state index contributed by atoms with van der Waals surface area (Å²) in [5, 5.41) is 6.41. The molecule has 0 atom stereocenters. The summed E-state index contributed by atoms with van der Waals surface area (Å²) in [5.74, 6) is -0.134. The van der Waals surface area contributed by atoms with Gasteiger partial charge in [-0.25, -0.2) is 9.37 Å². The second-order valence-electron chi connectivity index (χ2n) is 5.82. The number of thiazole rings is 1. The van der Waals surface area contributed by atoms with Gasteiger partial charge in [0.2, 0.25) is 0 Å². The van der Waals surface area contributed by atoms with Crippen molar-refractivity contribution in [3.8, 4) is 5.75 Å². The first-order valence-corrected chi connectivity index (χ1v) is 9.53. The average Bonchev–Trinajstić information content (AvgIpc) is 3.19. The predicted octanol–water partition coefficient (Wildman–Crippen LogP) is 5.32. The quantitative estimate of drug-likeness (QED) is 0.481. The van der Waals surface area contributed by atoms with E-state index in [9.17, 15) is 9.18 Å². The van der Waals surface area contributed by atoms with E-state index < -0.39 is 0 Å². The van der Waals surface area contributed by atoms with Crippen LogP contribution in [-0.4, -0.2) is 15.9 Å². The number of pyridine rings is 1. The van der Waals surface area contributed by atoms with Crippen LogP contribution in [0.1, 0.15) is 15.5 Å². The van der Waals surface area contributed by atoms with Crippen LogP contribution in [0.4, 0.5) is 10.1 Å². The van der Waals surface area contributed by atoms with Gasteiger partial charge in [0.25, 0.3) is 5.91 Å². The number of anilines is 1. The maximum absolute atomic E-state index is 12.9. The van der Waals surface area contributed by atoms with Crippen molar-refractivity contribution in [2.75, 3.05) is 5.32 Å². The van der Waals surface area contributed by atoms with E-state index in [-0.39, 0.29) is 24.0 Å². The van der Waals surface area contributed by atoms with Gasteiger partial charge in [-0.05, 0) is 48.5 Å². The standard InChI is InChI=1S/C20H13ClFN3O2S/c21-15-7-8-16(14-2-1-9-23-19(14)15)25-20(26)17-11-28-18(24-17)10-27-13-5-3-12(22)4-6-13/h1-9,11H,10H2,(H,25,26). The van der Waals surface area contributed by atoms with Gasteiger partial charge in [-0.2, -0.15) is 0 Å². The number of nitrogens with one attached hydrogen (secondary N) is 1. The van der Waals surface area contributed by atoms with Crippen molar-refractivity contribution in [2.45, 2.75) is 6.61 Å². The Balaban J connectivity index is 1.46. The summed E-state index contributed by atoms with van der Waals surface area (Å²) in [4.78, 5) is 21.1. The Hall–Kier alpha value is -3.03. The van der Waals surface area contributed by atoms with Gasteiger partial charge < -0.3 is 10.1 Å². The molecule has 8 heteroatoms. The zero-order valence-electron chi connectivity index (χ0n) is 14.4. The molecule has 2 aromatic carbocycles. The first-order valence-electron chi connectivity index (χ1n) is 8.27. The van der Waals surface area contributed by atoms with E-state index in [1.54, 1.807) is 29.8 Å². The van der Waals surface area contributed by atoms with Crippen LogP contribution in [0.15, 0.2) is 60.1 Å². The molecule has 0 saturated carbocycles. The Morgan fingerprint density at radius 3 is 2.82 bits per heavy atom. The number of benzene rings is 2. The third-order valence-electron chi connectivity index (χ3n) is 3.93. The molecule has 0 radical (unpaired) electrons. The van der Waals surface area contributed by atoms with Gasteiger partial charge in [0.15, 0.2) is 0 Å². The number of nitrogens with zero attached hydrogens (tertiary/aromatic N) is 2. The largest absolute Gasteiger partial charge is 0.486 e. The average molecular weight is 414 g/mol. The number of carbonyl (C=O) groups excluding carboxylic acids is 1. The van der Waals surface area contributed by atoms with Crippen LogP contribution in [0, 0.1) is 5.82 Å². The van der Waals surface area contributed by atoms with Crippen molar-refractivity contribution in [2.24, 2.45) is 0 Å². The van der Waals surface area contributed by atoms with Gasteiger partial charge in [-0.1, -0.05) is 11.6 Å². The smallest absolute Gasteiger partial charge is 0.275 e. The molecule has 0 saturated heterocycles. The van der Waals surface area contributed by atoms with Gasteiger partial charge >= 0.3 is 0 Å². The van der Waals surface area contributed by atoms with Crippen molar-refractivity contribution < 1.29 is 13.9 Å². The number of rotatable bonds is 5. The highest BCUT2D eigenvalue weighted by Crippen LogP contribution is 2.28. The lowest BCUT2D eigenvalue weighted by Gasteiger charge is -2.08. The summed E-state index contributed by atoms with van der Waals surface area (Å²) in [6.07, 6.45) is 1.65. The third kappa shape index (κ3) is 3.95. The summed E-state index contributed by atoms with van der Waals surface area (Å²) < 4.78 is 18.5. The van der Waals surface area contributed by atoms with Gasteiger partial charge in [0.1, 0.15) is 28.9 Å². The number of fused-ring (bicyclic) bond motifs is 1. The molecule has 140 valence electrons. The summed E-state index contributed by atoms with van der Waals surface area (Å²) in [7, 11) is 0. The first-order chi connectivity index (χ1) is 13.6. The van der Waals surface area contributed by atoms with Crippen molar-refractivity contribution in [3.63, 3.8) is 0 Å². The lowest BCUT2D eigenvalue weighted by Crippen LogP contribution is -2.13. The van der Waals surface area contributed by atoms with Crippen molar-refractivity contribution >= 4 is 45.4 Å². The Morgan fingerprint density at radius 2 is 2.00 bits per heavy atom. The van der Waals surface area contributed by atoms with Gasteiger partial charge in [0.05, 0.1) is 16.2 Å². The van der Waals surface area contributed by atoms with Crippen molar-refractivity contribution in [1.82, 2.24) is 9.97 Å². The Kier molecular flexibility index (Phi) is 5.18. The van der Waals surface area contributed by atoms with Crippen LogP contribution in [0.3, 0.4) is 0 Å². The number of amides is 1. The predicted molar refractivity (Wildman–Crippen MR) is 108 cm³/mol. The maximum atomic E-state index is 12.9. The monoisotopic (exact) mass is 413 g/mol. The Bertz CT molecular complexity index is 1150. The molecule has 1 amide bonds. The number of halogens is 2. The topological polar surface area (TPSA) is 64.1 Å². The fourth-order valence-electron chi connectivity index (χ4n) is 2.59. The molecule has 2 aromatic heterocycles. The van der Waals surface area contributed by atoms with E-state index in [0.29, 0.717) is 27.0 Å². The Labute approximate surface area is 168 Å². The summed E-state index contributed by atoms with van der Waals surface area (Å²) in [6.45, 7) is 0.192. The molecule has 0 aliphatic heterocycles. The summed E-state index contributed by atoms with van der Waals surface area (Å²) in [5.41, 5.74) is 1.51. The maximum Gasteiger partial charge on any atom is 0.275 e. The second kappa shape index (κ2) is 7.92. The highest BCUT2D eigenvalue weighted by Gasteiger charge is 2.14. The fourth-order valence-corrected chi connectivity index (χ4v) is 3.49. The zero-order chi connectivity index (χ0) is 19.5. The molecule has 4 rings (SSSR count). The van der Waals surface area contributed by atoms with Crippen molar-refractivity contribution in [1.29, 1.82) is 0 Å². The SMILES string of the molecule is O=C(Nc1ccc(Cl)c2ncccc12)c1csc(COc2ccc(F)cc2)n1. The Morgan fingerprint density at radius 1 is 1.18 bits per heavy atom. The van der Waals surface area contributed by atoms with Crippen LogP contribution >= 0.6 is 22.9 Å². The molecule has 0 aliphatic carbocycles. The molecule has 0 fully saturated rings. The highest BCUT2D eigenvalue weighted by molar-refractivity contribution is 7.09. The van der Waals surface area contributed by atoms with E-state index in [4.69, 9.17) is 16.3 Å². The first kappa shape index (κ1) is 18.3. The molecule has 0 unspecified atom stereocenters. The minimum atomic E-state index is -0.336. The van der Waals surface area contributed by atoms with E-state index in [1.165, 1.54) is 35.6 Å². The number of hydrogen-bond donors (Lipinski definition) is 1. The lowest BCUT2D eigenvalue weighted by molar-refractivity contribution is 0.102. The summed E-state index contributed by atoms with van der Waals surface area (Å²) in [6, 6.07) is 12.8. The van der Waals surface area contributed by atoms with E-state index >= 15 is 0 Å². The van der Waals surface area contributed by atoms with E-state index in [2.05, 4.69) is 15.3 Å². The van der Waals surface area contributed by atoms with E-state index in [0.717, 1.165) is 5.39 Å². The molecule has 0 spiro atoms. The molecular weight excluding hydrogens is 401 g/mol. The number of aromatic nitrogens is 2. The number of carbonyl (C=O) groups is 1. The van der Waals surface area contributed by atoms with Gasteiger partial charge in [-0.3, -0.25) is 9.78 Å². The van der Waals surface area contributed by atoms with Crippen molar-refractivity contribution in [3.05, 3.63) is 81.6 Å². The van der Waals surface area contributed by atoms with Crippen LogP contribution in [0.2, 0.25) is 5.02 Å². The molecule has 0 aliphatic rings. The number of hydrogen-bond acceptors (Lipinski definition) is 5. The minimum absolute atomic E-state index is 0.192. The van der Waals surface area contributed by atoms with Crippen LogP contribution in [0.5, 0.6) is 5.75 Å². The molecule has 1 N–H and O–H groups in total. The number of ether oxygens (including phenoxy) is 1. The highest BCUT2D eigenvalue weighted by atomic mass is 35.5. The molecular formula is C20H13ClFN3O2S. The van der Waals surface area contributed by atoms with Crippen LogP contribution in [0.25, 0.3) is 10.9 Å². The molecule has 0 bridgehead atoms. The summed E-state index contributed by atoms with van der Waals surface area (Å²) >= 11 is 7.47. The van der Waals surface area contributed by atoms with Crippen LogP contribution < -0.4 is 10.1 Å². The molecule has 28 heavy (non-hydrogen) atoms. The molecule has 5 nitrogen and oxygen atoms in total. The molecule has 2 heterocycles.